The lowest BCUT2D eigenvalue weighted by Crippen LogP contribution is -2.16. The molecule has 0 saturated carbocycles. The number of nitrogens with zero attached hydrogens (tertiary/aromatic N) is 3. The van der Waals surface area contributed by atoms with E-state index < -0.39 is 0 Å². The average molecular weight is 415 g/mol. The highest BCUT2D eigenvalue weighted by atomic mass is 35.5. The van der Waals surface area contributed by atoms with Gasteiger partial charge in [0.2, 0.25) is 5.91 Å². The van der Waals surface area contributed by atoms with Crippen LogP contribution in [0.25, 0.3) is 0 Å². The molecule has 0 radical (unpaired) electrons. The summed E-state index contributed by atoms with van der Waals surface area (Å²) in [4.78, 5) is 12.4. The van der Waals surface area contributed by atoms with E-state index in [0.717, 1.165) is 40.8 Å². The van der Waals surface area contributed by atoms with Crippen LogP contribution in [0.3, 0.4) is 0 Å². The Bertz CT molecular complexity index is 940. The van der Waals surface area contributed by atoms with Crippen molar-refractivity contribution in [3.63, 3.8) is 0 Å². The lowest BCUT2D eigenvalue weighted by molar-refractivity contribution is -0.113. The van der Waals surface area contributed by atoms with Crippen LogP contribution in [0, 0.1) is 0 Å². The average Bonchev–Trinajstić information content (AvgIpc) is 3.10. The minimum atomic E-state index is -0.0456. The fourth-order valence-corrected chi connectivity index (χ4v) is 3.87. The number of amides is 1. The summed E-state index contributed by atoms with van der Waals surface area (Å²) in [5, 5.41) is 13.1. The van der Waals surface area contributed by atoms with Gasteiger partial charge in [0.25, 0.3) is 0 Å². The Morgan fingerprint density at radius 2 is 1.86 bits per heavy atom. The minimum absolute atomic E-state index is 0.0456. The summed E-state index contributed by atoms with van der Waals surface area (Å²) in [5.41, 5.74) is 3.12. The van der Waals surface area contributed by atoms with Gasteiger partial charge in [0, 0.05) is 23.7 Å². The van der Waals surface area contributed by atoms with Crippen LogP contribution < -0.4 is 5.32 Å². The molecule has 0 aliphatic carbocycles. The van der Waals surface area contributed by atoms with Gasteiger partial charge in [-0.2, -0.15) is 0 Å². The fraction of sp³-hybridized carbons (Fsp3) is 0.286. The molecule has 0 atom stereocenters. The number of aryl methyl sites for hydroxylation is 1. The van der Waals surface area contributed by atoms with Crippen LogP contribution in [-0.4, -0.2) is 26.4 Å². The monoisotopic (exact) mass is 414 g/mol. The number of halogens is 1. The number of benzene rings is 2. The lowest BCUT2D eigenvalue weighted by atomic mass is 10.1. The molecule has 0 aliphatic heterocycles. The predicted molar refractivity (Wildman–Crippen MR) is 115 cm³/mol. The Labute approximate surface area is 174 Å². The summed E-state index contributed by atoms with van der Waals surface area (Å²) in [6.07, 6.45) is 1.55. The van der Waals surface area contributed by atoms with E-state index in [0.29, 0.717) is 11.4 Å². The Morgan fingerprint density at radius 1 is 1.11 bits per heavy atom. The fourth-order valence-electron chi connectivity index (χ4n) is 2.93. The molecule has 3 rings (SSSR count). The zero-order valence-corrected chi connectivity index (χ0v) is 17.6. The van der Waals surface area contributed by atoms with Gasteiger partial charge in [-0.15, -0.1) is 10.2 Å². The van der Waals surface area contributed by atoms with Crippen LogP contribution >= 0.6 is 23.4 Å². The van der Waals surface area contributed by atoms with Crippen molar-refractivity contribution in [2.75, 3.05) is 11.1 Å². The zero-order valence-electron chi connectivity index (χ0n) is 16.0. The maximum atomic E-state index is 12.4. The highest BCUT2D eigenvalue weighted by Crippen LogP contribution is 2.21. The molecule has 0 unspecified atom stereocenters. The number of carbonyl (C=O) groups excluding carboxylic acids is 1. The van der Waals surface area contributed by atoms with E-state index in [9.17, 15) is 4.79 Å². The van der Waals surface area contributed by atoms with E-state index in [-0.39, 0.29) is 11.7 Å². The number of anilines is 1. The van der Waals surface area contributed by atoms with Crippen molar-refractivity contribution in [1.29, 1.82) is 0 Å². The van der Waals surface area contributed by atoms with Gasteiger partial charge in [-0.05, 0) is 42.7 Å². The smallest absolute Gasteiger partial charge is 0.234 e. The maximum Gasteiger partial charge on any atom is 0.234 e. The van der Waals surface area contributed by atoms with E-state index in [1.165, 1.54) is 11.8 Å². The normalized spacial score (nSPS) is 10.8. The van der Waals surface area contributed by atoms with Gasteiger partial charge in [0.15, 0.2) is 5.16 Å². The minimum Gasteiger partial charge on any atom is -0.325 e. The summed E-state index contributed by atoms with van der Waals surface area (Å²) in [6, 6.07) is 15.6. The highest BCUT2D eigenvalue weighted by Gasteiger charge is 2.14. The standard InChI is InChI=1S/C21H23ClN4OS/c1-3-16-7-5-6-8-18(16)23-20(27)14-28-21-25-24-19(26(21)4-2)13-15-9-11-17(22)12-10-15/h5-12H,3-4,13-14H2,1-2H3,(H,23,27). The van der Waals surface area contributed by atoms with Crippen molar-refractivity contribution < 1.29 is 4.79 Å². The van der Waals surface area contributed by atoms with Crippen LogP contribution in [0.2, 0.25) is 5.02 Å². The van der Waals surface area contributed by atoms with Gasteiger partial charge >= 0.3 is 0 Å². The van der Waals surface area contributed by atoms with Gasteiger partial charge in [-0.1, -0.05) is 60.6 Å². The number of hydrogen-bond donors (Lipinski definition) is 1. The van der Waals surface area contributed by atoms with Crippen LogP contribution in [-0.2, 0) is 24.2 Å². The molecule has 1 aromatic heterocycles. The van der Waals surface area contributed by atoms with E-state index in [2.05, 4.69) is 29.4 Å². The topological polar surface area (TPSA) is 59.8 Å². The second-order valence-corrected chi connectivity index (χ2v) is 7.67. The van der Waals surface area contributed by atoms with Gasteiger partial charge in [0.05, 0.1) is 5.75 Å². The molecule has 146 valence electrons. The molecule has 3 aromatic rings. The third kappa shape index (κ3) is 5.14. The molecule has 5 nitrogen and oxygen atoms in total. The Morgan fingerprint density at radius 3 is 2.57 bits per heavy atom. The Kier molecular flexibility index (Phi) is 7.12. The molecule has 1 amide bonds. The molecule has 1 heterocycles. The van der Waals surface area contributed by atoms with Gasteiger partial charge in [-0.25, -0.2) is 0 Å². The predicted octanol–water partition coefficient (Wildman–Crippen LogP) is 4.84. The summed E-state index contributed by atoms with van der Waals surface area (Å²) >= 11 is 7.35. The molecule has 0 bridgehead atoms. The molecule has 2 aromatic carbocycles. The number of nitrogens with one attached hydrogen (secondary N) is 1. The third-order valence-electron chi connectivity index (χ3n) is 4.39. The molecule has 7 heteroatoms. The van der Waals surface area contributed by atoms with Crippen LogP contribution in [0.15, 0.2) is 53.7 Å². The number of para-hydroxylation sites is 1. The summed E-state index contributed by atoms with van der Waals surface area (Å²) in [5.74, 6) is 1.12. The number of hydrogen-bond acceptors (Lipinski definition) is 4. The second-order valence-electron chi connectivity index (χ2n) is 6.29. The molecule has 0 spiro atoms. The Balaban J connectivity index is 1.63. The van der Waals surface area contributed by atoms with Crippen LogP contribution in [0.1, 0.15) is 30.8 Å². The lowest BCUT2D eigenvalue weighted by Gasteiger charge is -2.10. The first-order valence-corrected chi connectivity index (χ1v) is 10.6. The van der Waals surface area contributed by atoms with E-state index in [4.69, 9.17) is 11.6 Å². The molecule has 0 aliphatic rings. The molecule has 0 saturated heterocycles. The van der Waals surface area contributed by atoms with Crippen molar-refractivity contribution in [2.45, 2.75) is 38.4 Å². The highest BCUT2D eigenvalue weighted by molar-refractivity contribution is 7.99. The number of carbonyl (C=O) groups is 1. The number of aromatic nitrogens is 3. The zero-order chi connectivity index (χ0) is 19.9. The van der Waals surface area contributed by atoms with Gasteiger partial charge < -0.3 is 9.88 Å². The quantitative estimate of drug-likeness (QED) is 0.536. The Hall–Kier alpha value is -2.31. The first-order valence-electron chi connectivity index (χ1n) is 9.27. The van der Waals surface area contributed by atoms with E-state index in [1.54, 1.807) is 0 Å². The summed E-state index contributed by atoms with van der Waals surface area (Å²) in [7, 11) is 0. The second kappa shape index (κ2) is 9.75. The van der Waals surface area contributed by atoms with Crippen molar-refractivity contribution in [2.24, 2.45) is 0 Å². The van der Waals surface area contributed by atoms with Gasteiger partial charge in [0.1, 0.15) is 5.82 Å². The molecule has 28 heavy (non-hydrogen) atoms. The van der Waals surface area contributed by atoms with E-state index in [1.807, 2.05) is 53.1 Å². The maximum absolute atomic E-state index is 12.4. The summed E-state index contributed by atoms with van der Waals surface area (Å²) < 4.78 is 2.05. The molecule has 0 fully saturated rings. The van der Waals surface area contributed by atoms with Crippen molar-refractivity contribution >= 4 is 35.0 Å². The van der Waals surface area contributed by atoms with E-state index >= 15 is 0 Å². The van der Waals surface area contributed by atoms with Gasteiger partial charge in [-0.3, -0.25) is 4.79 Å². The largest absolute Gasteiger partial charge is 0.325 e. The number of rotatable bonds is 8. The first kappa shape index (κ1) is 20.4. The molecular formula is C21H23ClN4OS. The van der Waals surface area contributed by atoms with Crippen molar-refractivity contribution in [3.05, 3.63) is 70.5 Å². The van der Waals surface area contributed by atoms with Crippen molar-refractivity contribution in [3.8, 4) is 0 Å². The molecule has 1 N–H and O–H groups in total. The van der Waals surface area contributed by atoms with Crippen LogP contribution in [0.4, 0.5) is 5.69 Å². The van der Waals surface area contributed by atoms with Crippen molar-refractivity contribution in [1.82, 2.24) is 14.8 Å². The SMILES string of the molecule is CCc1ccccc1NC(=O)CSc1nnc(Cc2ccc(Cl)cc2)n1CC. The first-order chi connectivity index (χ1) is 13.6. The number of thioether (sulfide) groups is 1. The summed E-state index contributed by atoms with van der Waals surface area (Å²) in [6.45, 7) is 4.88. The molecular weight excluding hydrogens is 392 g/mol. The van der Waals surface area contributed by atoms with Crippen LogP contribution in [0.5, 0.6) is 0 Å². The third-order valence-corrected chi connectivity index (χ3v) is 5.61.